The minimum Gasteiger partial charge on any atom is -0.321 e. The molecule has 0 aliphatic heterocycles. The summed E-state index contributed by atoms with van der Waals surface area (Å²) in [7, 11) is 0. The zero-order chi connectivity index (χ0) is 21.5. The van der Waals surface area contributed by atoms with Gasteiger partial charge in [-0.2, -0.15) is 0 Å². The Morgan fingerprint density at radius 3 is 1.76 bits per heavy atom. The highest BCUT2D eigenvalue weighted by molar-refractivity contribution is 5.93. The number of amides is 1. The van der Waals surface area contributed by atoms with Gasteiger partial charge < -0.3 is 9.80 Å². The standard InChI is InChI=1S/C26H46N2O/c1-6-9-10-11-12-13-14-15-16-17-21-28(7-2,8-3)22-25(29)27-26-23(4)19-18-20-24(26)5/h18-20H,6-17,21-22H2,1-5H3/p+1. The molecule has 0 atom stereocenters. The molecule has 0 heterocycles. The molecular weight excluding hydrogens is 356 g/mol. The fourth-order valence-electron chi connectivity index (χ4n) is 4.27. The van der Waals surface area contributed by atoms with E-state index in [0.29, 0.717) is 6.54 Å². The Bertz CT molecular complexity index is 558. The van der Waals surface area contributed by atoms with Crippen LogP contribution in [0.1, 0.15) is 96.1 Å². The van der Waals surface area contributed by atoms with Crippen LogP contribution in [0.4, 0.5) is 5.69 Å². The third kappa shape index (κ3) is 9.80. The number of nitrogens with one attached hydrogen (secondary N) is 1. The molecule has 0 aromatic heterocycles. The number of likely N-dealkylation sites (N-methyl/N-ethyl adjacent to an activating group) is 1. The molecule has 3 nitrogen and oxygen atoms in total. The number of hydrogen-bond donors (Lipinski definition) is 1. The molecule has 1 rings (SSSR count). The van der Waals surface area contributed by atoms with Crippen LogP contribution in [0.25, 0.3) is 0 Å². The lowest BCUT2D eigenvalue weighted by molar-refractivity contribution is -0.917. The molecule has 0 aliphatic rings. The maximum absolute atomic E-state index is 12.8. The average molecular weight is 404 g/mol. The van der Waals surface area contributed by atoms with E-state index in [2.05, 4.69) is 52.1 Å². The van der Waals surface area contributed by atoms with Gasteiger partial charge in [-0.25, -0.2) is 0 Å². The van der Waals surface area contributed by atoms with E-state index in [9.17, 15) is 4.79 Å². The number of quaternary nitrogens is 1. The van der Waals surface area contributed by atoms with E-state index in [0.717, 1.165) is 40.9 Å². The highest BCUT2D eigenvalue weighted by atomic mass is 16.2. The Morgan fingerprint density at radius 2 is 1.28 bits per heavy atom. The maximum atomic E-state index is 12.8. The summed E-state index contributed by atoms with van der Waals surface area (Å²) in [5.41, 5.74) is 3.26. The van der Waals surface area contributed by atoms with Gasteiger partial charge >= 0.3 is 0 Å². The number of unbranched alkanes of at least 4 members (excludes halogenated alkanes) is 9. The van der Waals surface area contributed by atoms with E-state index in [1.165, 1.54) is 64.2 Å². The van der Waals surface area contributed by atoms with Crippen molar-refractivity contribution >= 4 is 11.6 Å². The van der Waals surface area contributed by atoms with Gasteiger partial charge in [-0.05, 0) is 51.7 Å². The molecule has 29 heavy (non-hydrogen) atoms. The van der Waals surface area contributed by atoms with Crippen LogP contribution in [0.2, 0.25) is 0 Å². The maximum Gasteiger partial charge on any atom is 0.279 e. The van der Waals surface area contributed by atoms with Crippen LogP contribution < -0.4 is 5.32 Å². The molecule has 0 spiro atoms. The molecule has 0 radical (unpaired) electrons. The molecule has 0 unspecified atom stereocenters. The lowest BCUT2D eigenvalue weighted by Gasteiger charge is -2.36. The van der Waals surface area contributed by atoms with E-state index >= 15 is 0 Å². The average Bonchev–Trinajstić information content (AvgIpc) is 2.71. The summed E-state index contributed by atoms with van der Waals surface area (Å²) in [4.78, 5) is 12.8. The first-order chi connectivity index (χ1) is 14.0. The Labute approximate surface area is 180 Å². The minimum atomic E-state index is 0.151. The van der Waals surface area contributed by atoms with Crippen molar-refractivity contribution in [2.75, 3.05) is 31.5 Å². The van der Waals surface area contributed by atoms with Crippen molar-refractivity contribution in [3.05, 3.63) is 29.3 Å². The van der Waals surface area contributed by atoms with Crippen molar-refractivity contribution in [3.63, 3.8) is 0 Å². The van der Waals surface area contributed by atoms with Crippen LogP contribution in [-0.4, -0.2) is 36.6 Å². The van der Waals surface area contributed by atoms with E-state index in [1.54, 1.807) is 0 Å². The molecule has 3 heteroatoms. The van der Waals surface area contributed by atoms with Gasteiger partial charge in [-0.15, -0.1) is 0 Å². The smallest absolute Gasteiger partial charge is 0.279 e. The van der Waals surface area contributed by atoms with Crippen molar-refractivity contribution < 1.29 is 9.28 Å². The molecular formula is C26H47N2O+. The van der Waals surface area contributed by atoms with Crippen molar-refractivity contribution in [3.8, 4) is 0 Å². The van der Waals surface area contributed by atoms with Gasteiger partial charge in [0.2, 0.25) is 0 Å². The Morgan fingerprint density at radius 1 is 0.793 bits per heavy atom. The molecule has 0 saturated heterocycles. The van der Waals surface area contributed by atoms with Gasteiger partial charge in [0.15, 0.2) is 6.54 Å². The monoisotopic (exact) mass is 403 g/mol. The third-order valence-corrected chi connectivity index (χ3v) is 6.55. The molecule has 0 aliphatic carbocycles. The van der Waals surface area contributed by atoms with Crippen molar-refractivity contribution in [1.82, 2.24) is 0 Å². The van der Waals surface area contributed by atoms with Crippen molar-refractivity contribution in [1.29, 1.82) is 0 Å². The highest BCUT2D eigenvalue weighted by Crippen LogP contribution is 2.20. The molecule has 1 aromatic rings. The van der Waals surface area contributed by atoms with Crippen LogP contribution in [0.5, 0.6) is 0 Å². The topological polar surface area (TPSA) is 29.1 Å². The predicted octanol–water partition coefficient (Wildman–Crippen LogP) is 7.02. The van der Waals surface area contributed by atoms with E-state index in [4.69, 9.17) is 0 Å². The zero-order valence-corrected chi connectivity index (χ0v) is 20.0. The number of nitrogens with zero attached hydrogens (tertiary/aromatic N) is 1. The van der Waals surface area contributed by atoms with Crippen LogP contribution in [0.15, 0.2) is 18.2 Å². The quantitative estimate of drug-likeness (QED) is 0.233. The number of carbonyl (C=O) groups is 1. The summed E-state index contributed by atoms with van der Waals surface area (Å²) < 4.78 is 0.897. The summed E-state index contributed by atoms with van der Waals surface area (Å²) in [5, 5.41) is 3.19. The summed E-state index contributed by atoms with van der Waals surface area (Å²) in [5.74, 6) is 0.151. The first-order valence-corrected chi connectivity index (χ1v) is 12.2. The van der Waals surface area contributed by atoms with Gasteiger partial charge in [-0.3, -0.25) is 4.79 Å². The molecule has 0 fully saturated rings. The van der Waals surface area contributed by atoms with Crippen LogP contribution in [0, 0.1) is 13.8 Å². The number of carbonyl (C=O) groups excluding carboxylic acids is 1. The van der Waals surface area contributed by atoms with Crippen LogP contribution >= 0.6 is 0 Å². The normalized spacial score (nSPS) is 11.6. The third-order valence-electron chi connectivity index (χ3n) is 6.55. The lowest BCUT2D eigenvalue weighted by Crippen LogP contribution is -2.52. The lowest BCUT2D eigenvalue weighted by atomic mass is 10.1. The van der Waals surface area contributed by atoms with Crippen LogP contribution in [-0.2, 0) is 4.79 Å². The second-order valence-electron chi connectivity index (χ2n) is 8.85. The van der Waals surface area contributed by atoms with Gasteiger partial charge in [0, 0.05) is 5.69 Å². The fraction of sp³-hybridized carbons (Fsp3) is 0.731. The number of hydrogen-bond acceptors (Lipinski definition) is 1. The molecule has 166 valence electrons. The molecule has 1 aromatic carbocycles. The van der Waals surface area contributed by atoms with Gasteiger partial charge in [-0.1, -0.05) is 76.5 Å². The minimum absolute atomic E-state index is 0.151. The molecule has 0 bridgehead atoms. The first-order valence-electron chi connectivity index (χ1n) is 12.2. The summed E-state index contributed by atoms with van der Waals surface area (Å²) >= 11 is 0. The van der Waals surface area contributed by atoms with Crippen LogP contribution in [0.3, 0.4) is 0 Å². The van der Waals surface area contributed by atoms with E-state index < -0.39 is 0 Å². The van der Waals surface area contributed by atoms with Crippen molar-refractivity contribution in [2.24, 2.45) is 0 Å². The Kier molecular flexibility index (Phi) is 12.9. The van der Waals surface area contributed by atoms with Gasteiger partial charge in [0.25, 0.3) is 5.91 Å². The number of rotatable bonds is 16. The largest absolute Gasteiger partial charge is 0.321 e. The summed E-state index contributed by atoms with van der Waals surface area (Å²) in [6.45, 7) is 14.6. The number of benzene rings is 1. The second-order valence-corrected chi connectivity index (χ2v) is 8.85. The number of para-hydroxylation sites is 1. The van der Waals surface area contributed by atoms with Gasteiger partial charge in [0.1, 0.15) is 0 Å². The summed E-state index contributed by atoms with van der Waals surface area (Å²) in [6.07, 6.45) is 13.6. The van der Waals surface area contributed by atoms with Crippen molar-refractivity contribution in [2.45, 2.75) is 98.8 Å². The number of anilines is 1. The van der Waals surface area contributed by atoms with E-state index in [1.807, 2.05) is 6.07 Å². The molecule has 1 N–H and O–H groups in total. The second kappa shape index (κ2) is 14.6. The fourth-order valence-corrected chi connectivity index (χ4v) is 4.27. The molecule has 1 amide bonds. The SMILES string of the molecule is CCCCCCCCCCCC[N+](CC)(CC)CC(=O)Nc1c(C)cccc1C. The van der Waals surface area contributed by atoms with E-state index in [-0.39, 0.29) is 5.91 Å². The first kappa shape index (κ1) is 25.7. The van der Waals surface area contributed by atoms with Gasteiger partial charge in [0.05, 0.1) is 19.6 Å². The number of aryl methyl sites for hydroxylation is 2. The Hall–Kier alpha value is -1.35. The summed E-state index contributed by atoms with van der Waals surface area (Å²) in [6, 6.07) is 6.17. The molecule has 0 saturated carbocycles. The highest BCUT2D eigenvalue weighted by Gasteiger charge is 2.26. The zero-order valence-electron chi connectivity index (χ0n) is 20.0. The predicted molar refractivity (Wildman–Crippen MR) is 127 cm³/mol. The Balaban J connectivity index is 2.37.